The van der Waals surface area contributed by atoms with Gasteiger partial charge < -0.3 is 5.32 Å². The van der Waals surface area contributed by atoms with Gasteiger partial charge in [0, 0.05) is 22.3 Å². The van der Waals surface area contributed by atoms with Crippen LogP contribution in [0, 0.1) is 0 Å². The van der Waals surface area contributed by atoms with Crippen LogP contribution in [0.5, 0.6) is 0 Å². The van der Waals surface area contributed by atoms with Crippen molar-refractivity contribution < 1.29 is 13.2 Å². The second-order valence-corrected chi connectivity index (χ2v) is 7.63. The smallest absolute Gasteiger partial charge is 0.261 e. The van der Waals surface area contributed by atoms with Crippen molar-refractivity contribution in [3.8, 4) is 0 Å². The number of benzene rings is 1. The molecule has 4 nitrogen and oxygen atoms in total. The number of amides is 1. The SMILES string of the molecule is CCc1ccc(S(=O)(=O)Cl)cc1C(=O)NC1CCCC1. The van der Waals surface area contributed by atoms with Gasteiger partial charge in [-0.3, -0.25) is 4.79 Å². The zero-order valence-electron chi connectivity index (χ0n) is 11.4. The summed E-state index contributed by atoms with van der Waals surface area (Å²) in [5, 5.41) is 2.97. The number of carbonyl (C=O) groups excluding carboxylic acids is 1. The molecule has 0 unspecified atom stereocenters. The maximum atomic E-state index is 12.3. The van der Waals surface area contributed by atoms with Crippen molar-refractivity contribution in [1.29, 1.82) is 0 Å². The van der Waals surface area contributed by atoms with Crippen molar-refractivity contribution in [1.82, 2.24) is 5.32 Å². The van der Waals surface area contributed by atoms with E-state index in [2.05, 4.69) is 5.32 Å². The lowest BCUT2D eigenvalue weighted by Gasteiger charge is -2.14. The lowest BCUT2D eigenvalue weighted by atomic mass is 10.0. The predicted octanol–water partition coefficient (Wildman–Crippen LogP) is 2.85. The second-order valence-electron chi connectivity index (χ2n) is 5.07. The van der Waals surface area contributed by atoms with Crippen molar-refractivity contribution >= 4 is 25.6 Å². The van der Waals surface area contributed by atoms with Crippen LogP contribution in [0.1, 0.15) is 48.5 Å². The Morgan fingerprint density at radius 2 is 2.00 bits per heavy atom. The monoisotopic (exact) mass is 315 g/mol. The van der Waals surface area contributed by atoms with E-state index in [9.17, 15) is 13.2 Å². The van der Waals surface area contributed by atoms with E-state index in [-0.39, 0.29) is 16.8 Å². The standard InChI is InChI=1S/C14H18ClNO3S/c1-2-10-7-8-12(20(15,18)19)9-13(10)14(17)16-11-5-3-4-6-11/h7-9,11H,2-6H2,1H3,(H,16,17). The molecule has 0 saturated heterocycles. The highest BCUT2D eigenvalue weighted by Gasteiger charge is 2.21. The first kappa shape index (κ1) is 15.3. The maximum absolute atomic E-state index is 12.3. The summed E-state index contributed by atoms with van der Waals surface area (Å²) in [5.41, 5.74) is 1.23. The molecule has 0 bridgehead atoms. The van der Waals surface area contributed by atoms with E-state index >= 15 is 0 Å². The first-order valence-electron chi connectivity index (χ1n) is 6.80. The molecule has 1 aliphatic rings. The number of rotatable bonds is 4. The lowest BCUT2D eigenvalue weighted by molar-refractivity contribution is 0.0936. The molecular formula is C14H18ClNO3S. The molecule has 0 spiro atoms. The average Bonchev–Trinajstić information content (AvgIpc) is 2.89. The Morgan fingerprint density at radius 1 is 1.35 bits per heavy atom. The molecule has 0 aliphatic heterocycles. The first-order chi connectivity index (χ1) is 9.41. The van der Waals surface area contributed by atoms with Gasteiger partial charge in [0.25, 0.3) is 15.0 Å². The molecule has 20 heavy (non-hydrogen) atoms. The van der Waals surface area contributed by atoms with Crippen molar-refractivity contribution in [2.45, 2.75) is 50.0 Å². The molecule has 0 aromatic heterocycles. The van der Waals surface area contributed by atoms with E-state index in [4.69, 9.17) is 10.7 Å². The normalized spacial score (nSPS) is 16.3. The molecule has 1 aliphatic carbocycles. The minimum atomic E-state index is -3.82. The van der Waals surface area contributed by atoms with Gasteiger partial charge in [-0.2, -0.15) is 0 Å². The molecule has 1 aromatic rings. The molecule has 1 aromatic carbocycles. The molecule has 0 heterocycles. The quantitative estimate of drug-likeness (QED) is 0.869. The third kappa shape index (κ3) is 3.52. The summed E-state index contributed by atoms with van der Waals surface area (Å²) in [6.45, 7) is 1.93. The van der Waals surface area contributed by atoms with Crippen LogP contribution in [0.4, 0.5) is 0 Å². The summed E-state index contributed by atoms with van der Waals surface area (Å²) in [6, 6.07) is 4.65. The molecule has 0 radical (unpaired) electrons. The molecular weight excluding hydrogens is 298 g/mol. The Hall–Kier alpha value is -1.07. The van der Waals surface area contributed by atoms with E-state index < -0.39 is 9.05 Å². The molecule has 1 saturated carbocycles. The third-order valence-electron chi connectivity index (χ3n) is 3.68. The molecule has 1 N–H and O–H groups in total. The van der Waals surface area contributed by atoms with E-state index in [1.807, 2.05) is 6.92 Å². The van der Waals surface area contributed by atoms with Gasteiger partial charge in [0.2, 0.25) is 0 Å². The van der Waals surface area contributed by atoms with Gasteiger partial charge in [-0.25, -0.2) is 8.42 Å². The van der Waals surface area contributed by atoms with E-state index in [1.54, 1.807) is 6.07 Å². The van der Waals surface area contributed by atoms with Crippen LogP contribution in [0.15, 0.2) is 23.1 Å². The maximum Gasteiger partial charge on any atom is 0.261 e. The van der Waals surface area contributed by atoms with Gasteiger partial charge in [0.05, 0.1) is 4.90 Å². The Kier molecular flexibility index (Phi) is 4.70. The van der Waals surface area contributed by atoms with Crippen LogP contribution in [0.25, 0.3) is 0 Å². The fourth-order valence-electron chi connectivity index (χ4n) is 2.56. The van der Waals surface area contributed by atoms with Gasteiger partial charge in [0.1, 0.15) is 0 Å². The van der Waals surface area contributed by atoms with Gasteiger partial charge in [0.15, 0.2) is 0 Å². The van der Waals surface area contributed by atoms with Crippen LogP contribution in [0.2, 0.25) is 0 Å². The Balaban J connectivity index is 2.29. The highest BCUT2D eigenvalue weighted by molar-refractivity contribution is 8.13. The van der Waals surface area contributed by atoms with Crippen molar-refractivity contribution in [3.63, 3.8) is 0 Å². The van der Waals surface area contributed by atoms with Gasteiger partial charge in [-0.1, -0.05) is 25.8 Å². The van der Waals surface area contributed by atoms with Crippen molar-refractivity contribution in [3.05, 3.63) is 29.3 Å². The highest BCUT2D eigenvalue weighted by atomic mass is 35.7. The summed E-state index contributed by atoms with van der Waals surface area (Å²) in [5.74, 6) is -0.212. The molecule has 2 rings (SSSR count). The number of aryl methyl sites for hydroxylation is 1. The number of carbonyl (C=O) groups is 1. The van der Waals surface area contributed by atoms with Crippen LogP contribution in [-0.2, 0) is 15.5 Å². The highest BCUT2D eigenvalue weighted by Crippen LogP contribution is 2.22. The summed E-state index contributed by atoms with van der Waals surface area (Å²) < 4.78 is 22.8. The van der Waals surface area contributed by atoms with E-state index in [0.29, 0.717) is 12.0 Å². The summed E-state index contributed by atoms with van der Waals surface area (Å²) >= 11 is 0. The Morgan fingerprint density at radius 3 is 2.55 bits per heavy atom. The average molecular weight is 316 g/mol. The zero-order chi connectivity index (χ0) is 14.8. The molecule has 110 valence electrons. The van der Waals surface area contributed by atoms with E-state index in [1.165, 1.54) is 12.1 Å². The number of nitrogens with one attached hydrogen (secondary N) is 1. The molecule has 1 fully saturated rings. The summed E-state index contributed by atoms with van der Waals surface area (Å²) in [7, 11) is 1.52. The lowest BCUT2D eigenvalue weighted by Crippen LogP contribution is -2.33. The van der Waals surface area contributed by atoms with Crippen LogP contribution in [-0.4, -0.2) is 20.4 Å². The fourth-order valence-corrected chi connectivity index (χ4v) is 3.34. The largest absolute Gasteiger partial charge is 0.349 e. The number of hydrogen-bond donors (Lipinski definition) is 1. The van der Waals surface area contributed by atoms with Crippen LogP contribution in [0.3, 0.4) is 0 Å². The summed E-state index contributed by atoms with van der Waals surface area (Å²) in [4.78, 5) is 12.3. The van der Waals surface area contributed by atoms with E-state index in [0.717, 1.165) is 31.2 Å². The van der Waals surface area contributed by atoms with Gasteiger partial charge in [-0.15, -0.1) is 0 Å². The van der Waals surface area contributed by atoms with Crippen molar-refractivity contribution in [2.24, 2.45) is 0 Å². The predicted molar refractivity (Wildman–Crippen MR) is 78.6 cm³/mol. The van der Waals surface area contributed by atoms with Crippen LogP contribution < -0.4 is 5.32 Å². The molecule has 1 amide bonds. The molecule has 0 atom stereocenters. The zero-order valence-corrected chi connectivity index (χ0v) is 12.9. The second kappa shape index (κ2) is 6.14. The Labute approximate surface area is 123 Å². The summed E-state index contributed by atoms with van der Waals surface area (Å²) in [6.07, 6.45) is 4.89. The number of hydrogen-bond acceptors (Lipinski definition) is 3. The topological polar surface area (TPSA) is 63.2 Å². The number of halogens is 1. The van der Waals surface area contributed by atoms with Gasteiger partial charge in [-0.05, 0) is 37.0 Å². The first-order valence-corrected chi connectivity index (χ1v) is 9.11. The van der Waals surface area contributed by atoms with Crippen molar-refractivity contribution in [2.75, 3.05) is 0 Å². The minimum absolute atomic E-state index is 0.0343. The van der Waals surface area contributed by atoms with Gasteiger partial charge >= 0.3 is 0 Å². The molecule has 6 heteroatoms. The third-order valence-corrected chi connectivity index (χ3v) is 5.03. The Bertz CT molecular complexity index is 607. The van der Waals surface area contributed by atoms with Crippen LogP contribution >= 0.6 is 10.7 Å². The fraction of sp³-hybridized carbons (Fsp3) is 0.500. The minimum Gasteiger partial charge on any atom is -0.349 e.